The first-order chi connectivity index (χ1) is 11.3. The summed E-state index contributed by atoms with van der Waals surface area (Å²) in [7, 11) is 1.62. The third-order valence-electron chi connectivity index (χ3n) is 4.97. The van der Waals surface area contributed by atoms with Crippen molar-refractivity contribution in [1.82, 2.24) is 0 Å². The van der Waals surface area contributed by atoms with Crippen LogP contribution in [0.3, 0.4) is 0 Å². The predicted molar refractivity (Wildman–Crippen MR) is 92.4 cm³/mol. The Morgan fingerprint density at radius 3 is 2.62 bits per heavy atom. The normalized spacial score (nSPS) is 22.0. The number of rotatable bonds is 4. The minimum atomic E-state index is -0.356. The second kappa shape index (κ2) is 6.33. The maximum absolute atomic E-state index is 11.1. The fourth-order valence-corrected chi connectivity index (χ4v) is 4.23. The topological polar surface area (TPSA) is 64.8 Å². The molecule has 1 aliphatic carbocycles. The third kappa shape index (κ3) is 3.39. The number of hydrogen-bond donors (Lipinski definition) is 0. The first-order valence-corrected chi connectivity index (χ1v) is 8.56. The number of nitro groups is 1. The number of nitro benzene ring substituents is 1. The summed E-state index contributed by atoms with van der Waals surface area (Å²) in [6.07, 6.45) is 4.57. The van der Waals surface area contributed by atoms with Crippen LogP contribution in [0.2, 0.25) is 0 Å². The lowest BCUT2D eigenvalue weighted by molar-refractivity contribution is -0.384. The van der Waals surface area contributed by atoms with E-state index in [9.17, 15) is 10.1 Å². The van der Waals surface area contributed by atoms with Crippen molar-refractivity contribution in [1.29, 1.82) is 0 Å². The predicted octanol–water partition coefficient (Wildman–Crippen LogP) is 3.67. The Morgan fingerprint density at radius 2 is 2.00 bits per heavy atom. The molecule has 1 heterocycles. The maximum Gasteiger partial charge on any atom is 0.269 e. The van der Waals surface area contributed by atoms with E-state index in [0.717, 1.165) is 37.2 Å². The number of hydrogen-bond acceptors (Lipinski definition) is 5. The molecule has 1 saturated heterocycles. The summed E-state index contributed by atoms with van der Waals surface area (Å²) in [5.41, 5.74) is 1.65. The van der Waals surface area contributed by atoms with Crippen LogP contribution in [0, 0.1) is 10.1 Å². The molecule has 6 heteroatoms. The second-order valence-corrected chi connectivity index (χ2v) is 7.61. The van der Waals surface area contributed by atoms with Gasteiger partial charge < -0.3 is 14.4 Å². The summed E-state index contributed by atoms with van der Waals surface area (Å²) in [5, 5.41) is 11.1. The fourth-order valence-electron chi connectivity index (χ4n) is 4.23. The van der Waals surface area contributed by atoms with Crippen LogP contribution in [-0.2, 0) is 16.1 Å². The Morgan fingerprint density at radius 1 is 1.29 bits per heavy atom. The lowest BCUT2D eigenvalue weighted by Crippen LogP contribution is -2.59. The van der Waals surface area contributed by atoms with E-state index < -0.39 is 0 Å². The minimum Gasteiger partial charge on any atom is -0.380 e. The van der Waals surface area contributed by atoms with Gasteiger partial charge in [-0.2, -0.15) is 0 Å². The van der Waals surface area contributed by atoms with Crippen LogP contribution in [0.1, 0.15) is 45.1 Å². The minimum absolute atomic E-state index is 0.0894. The molecule has 24 heavy (non-hydrogen) atoms. The smallest absolute Gasteiger partial charge is 0.269 e. The Labute approximate surface area is 142 Å². The molecule has 2 fully saturated rings. The summed E-state index contributed by atoms with van der Waals surface area (Å²) >= 11 is 0. The van der Waals surface area contributed by atoms with E-state index in [0.29, 0.717) is 6.61 Å². The van der Waals surface area contributed by atoms with Crippen molar-refractivity contribution in [2.45, 2.75) is 57.3 Å². The van der Waals surface area contributed by atoms with E-state index in [4.69, 9.17) is 9.47 Å². The Hall–Kier alpha value is -1.66. The molecule has 0 atom stereocenters. The highest BCUT2D eigenvalue weighted by Crippen LogP contribution is 2.42. The van der Waals surface area contributed by atoms with Crippen LogP contribution in [0.15, 0.2) is 18.2 Å². The lowest BCUT2D eigenvalue weighted by Gasteiger charge is -2.50. The molecule has 0 N–H and O–H groups in total. The first-order valence-electron chi connectivity index (χ1n) is 8.56. The quantitative estimate of drug-likeness (QED) is 0.621. The average molecular weight is 334 g/mol. The molecule has 1 saturated carbocycles. The Kier molecular flexibility index (Phi) is 4.53. The SMILES string of the molecule is COCc1cc([N+](=O)[O-])ccc1N1CC(C)(C)OC2(CCCC2)C1. The summed E-state index contributed by atoms with van der Waals surface area (Å²) in [6.45, 7) is 6.22. The summed E-state index contributed by atoms with van der Waals surface area (Å²) < 4.78 is 11.7. The number of anilines is 1. The van der Waals surface area contributed by atoms with Gasteiger partial charge >= 0.3 is 0 Å². The van der Waals surface area contributed by atoms with Crippen molar-refractivity contribution in [3.05, 3.63) is 33.9 Å². The van der Waals surface area contributed by atoms with Gasteiger partial charge in [-0.1, -0.05) is 12.8 Å². The molecule has 6 nitrogen and oxygen atoms in total. The number of morpholine rings is 1. The summed E-state index contributed by atoms with van der Waals surface area (Å²) in [5.74, 6) is 0. The zero-order valence-electron chi connectivity index (χ0n) is 14.7. The van der Waals surface area contributed by atoms with Gasteiger partial charge in [0.1, 0.15) is 0 Å². The molecule has 0 unspecified atom stereocenters. The average Bonchev–Trinajstić information content (AvgIpc) is 2.92. The van der Waals surface area contributed by atoms with Crippen LogP contribution in [0.4, 0.5) is 11.4 Å². The number of ether oxygens (including phenoxy) is 2. The molecule has 1 aromatic carbocycles. The van der Waals surface area contributed by atoms with E-state index in [1.165, 1.54) is 12.8 Å². The van der Waals surface area contributed by atoms with E-state index in [2.05, 4.69) is 18.7 Å². The van der Waals surface area contributed by atoms with Gasteiger partial charge in [-0.25, -0.2) is 0 Å². The van der Waals surface area contributed by atoms with Gasteiger partial charge in [0.15, 0.2) is 0 Å². The molecule has 2 aliphatic rings. The van der Waals surface area contributed by atoms with E-state index in [-0.39, 0.29) is 21.8 Å². The van der Waals surface area contributed by atoms with E-state index in [1.54, 1.807) is 19.2 Å². The van der Waals surface area contributed by atoms with Crippen LogP contribution in [0.5, 0.6) is 0 Å². The van der Waals surface area contributed by atoms with E-state index in [1.807, 2.05) is 6.07 Å². The summed E-state index contributed by atoms with van der Waals surface area (Å²) in [4.78, 5) is 13.1. The number of non-ortho nitro benzene ring substituents is 1. The molecule has 1 spiro atoms. The number of methoxy groups -OCH3 is 1. The van der Waals surface area contributed by atoms with Crippen molar-refractivity contribution in [3.63, 3.8) is 0 Å². The van der Waals surface area contributed by atoms with Crippen molar-refractivity contribution in [3.8, 4) is 0 Å². The molecule has 1 aromatic rings. The first kappa shape index (κ1) is 17.2. The highest BCUT2D eigenvalue weighted by atomic mass is 16.6. The van der Waals surface area contributed by atoms with Crippen molar-refractivity contribution < 1.29 is 14.4 Å². The molecule has 3 rings (SSSR count). The molecule has 1 aliphatic heterocycles. The Bertz CT molecular complexity index is 623. The number of benzene rings is 1. The fraction of sp³-hybridized carbons (Fsp3) is 0.667. The second-order valence-electron chi connectivity index (χ2n) is 7.61. The third-order valence-corrected chi connectivity index (χ3v) is 4.97. The van der Waals surface area contributed by atoms with Gasteiger partial charge in [0.2, 0.25) is 0 Å². The van der Waals surface area contributed by atoms with Gasteiger partial charge in [0, 0.05) is 43.6 Å². The lowest BCUT2D eigenvalue weighted by atomic mass is 9.93. The Balaban J connectivity index is 1.95. The standard InChI is InChI=1S/C18H26N2O4/c1-17(2)12-19(13-18(24-17)8-4-5-9-18)16-7-6-15(20(21)22)10-14(16)11-23-3/h6-7,10H,4-5,8-9,11-13H2,1-3H3. The van der Waals surface area contributed by atoms with Gasteiger partial charge in [-0.3, -0.25) is 10.1 Å². The molecule has 0 bridgehead atoms. The molecule has 132 valence electrons. The molecular formula is C18H26N2O4. The van der Waals surface area contributed by atoms with Crippen molar-refractivity contribution in [2.75, 3.05) is 25.1 Å². The molecule has 0 radical (unpaired) electrons. The monoisotopic (exact) mass is 334 g/mol. The van der Waals surface area contributed by atoms with E-state index >= 15 is 0 Å². The van der Waals surface area contributed by atoms with Crippen molar-refractivity contribution in [2.24, 2.45) is 0 Å². The van der Waals surface area contributed by atoms with Gasteiger partial charge in [-0.15, -0.1) is 0 Å². The zero-order chi connectivity index (χ0) is 17.4. The highest BCUT2D eigenvalue weighted by molar-refractivity contribution is 5.58. The van der Waals surface area contributed by atoms with Gasteiger partial charge in [-0.05, 0) is 32.8 Å². The highest BCUT2D eigenvalue weighted by Gasteiger charge is 2.46. The van der Waals surface area contributed by atoms with Gasteiger partial charge in [0.25, 0.3) is 5.69 Å². The van der Waals surface area contributed by atoms with Crippen LogP contribution in [0.25, 0.3) is 0 Å². The summed E-state index contributed by atoms with van der Waals surface area (Å²) in [6, 6.07) is 5.07. The molecule has 0 aromatic heterocycles. The number of nitrogens with zero attached hydrogens (tertiary/aromatic N) is 2. The largest absolute Gasteiger partial charge is 0.380 e. The van der Waals surface area contributed by atoms with Crippen LogP contribution >= 0.6 is 0 Å². The molecule has 0 amide bonds. The van der Waals surface area contributed by atoms with Crippen LogP contribution < -0.4 is 4.90 Å². The zero-order valence-corrected chi connectivity index (χ0v) is 14.7. The molecular weight excluding hydrogens is 308 g/mol. The van der Waals surface area contributed by atoms with Crippen molar-refractivity contribution >= 4 is 11.4 Å². The van der Waals surface area contributed by atoms with Crippen LogP contribution in [-0.4, -0.2) is 36.3 Å². The van der Waals surface area contributed by atoms with Gasteiger partial charge in [0.05, 0.1) is 22.7 Å². The maximum atomic E-state index is 11.1.